The molecule has 1 aromatic rings. The van der Waals surface area contributed by atoms with Crippen molar-refractivity contribution in [2.45, 2.75) is 6.54 Å². The van der Waals surface area contributed by atoms with Crippen molar-refractivity contribution in [3.8, 4) is 6.19 Å². The summed E-state index contributed by atoms with van der Waals surface area (Å²) in [7, 11) is 1.72. The van der Waals surface area contributed by atoms with Crippen molar-refractivity contribution >= 4 is 0 Å². The molecule has 6 heteroatoms. The summed E-state index contributed by atoms with van der Waals surface area (Å²) in [6.45, 7) is 0.375. The Labute approximate surface area is 57.5 Å². The van der Waals surface area contributed by atoms with Gasteiger partial charge in [-0.2, -0.15) is 5.26 Å². The molecule has 1 N–H and O–H groups in total. The number of aromatic nitrogens is 4. The highest BCUT2D eigenvalue weighted by atomic mass is 15.5. The first-order valence-corrected chi connectivity index (χ1v) is 2.68. The Bertz CT molecular complexity index is 244. The Morgan fingerprint density at radius 2 is 2.60 bits per heavy atom. The summed E-state index contributed by atoms with van der Waals surface area (Å²) in [5, 5.41) is 21.2. The van der Waals surface area contributed by atoms with E-state index in [2.05, 4.69) is 20.8 Å². The number of hydrogen-bond donors (Lipinski definition) is 1. The van der Waals surface area contributed by atoms with E-state index in [1.54, 1.807) is 13.2 Å². The van der Waals surface area contributed by atoms with Gasteiger partial charge < -0.3 is 5.32 Å². The average Bonchev–Trinajstić information content (AvgIpc) is 2.31. The van der Waals surface area contributed by atoms with Gasteiger partial charge in [0.25, 0.3) is 0 Å². The molecule has 0 aliphatic heterocycles. The van der Waals surface area contributed by atoms with Gasteiger partial charge in [-0.3, -0.25) is 0 Å². The maximum Gasteiger partial charge on any atom is 0.176 e. The fourth-order valence-electron chi connectivity index (χ4n) is 0.516. The van der Waals surface area contributed by atoms with E-state index >= 15 is 0 Å². The third kappa shape index (κ3) is 1.20. The fourth-order valence-corrected chi connectivity index (χ4v) is 0.516. The van der Waals surface area contributed by atoms with Crippen molar-refractivity contribution in [1.82, 2.24) is 25.5 Å². The monoisotopic (exact) mass is 138 g/mol. The minimum Gasteiger partial charge on any atom is -0.316 e. The highest BCUT2D eigenvalue weighted by Gasteiger charge is 1.98. The summed E-state index contributed by atoms with van der Waals surface area (Å²) in [5.74, 6) is 0.640. The van der Waals surface area contributed by atoms with E-state index in [0.717, 1.165) is 0 Å². The van der Waals surface area contributed by atoms with Crippen LogP contribution in [0.1, 0.15) is 5.82 Å². The Hall–Kier alpha value is -1.64. The summed E-state index contributed by atoms with van der Waals surface area (Å²) in [6, 6.07) is 0. The van der Waals surface area contributed by atoms with Crippen LogP contribution >= 0.6 is 0 Å². The summed E-state index contributed by atoms with van der Waals surface area (Å²) >= 11 is 0. The standard InChI is InChI=1S/C4H6N6/c1-10-4(2-6-3-5)7-8-9-10/h6H,2H2,1H3. The first-order valence-electron chi connectivity index (χ1n) is 2.68. The minimum atomic E-state index is 0.375. The Morgan fingerprint density at radius 1 is 1.80 bits per heavy atom. The van der Waals surface area contributed by atoms with E-state index in [4.69, 9.17) is 5.26 Å². The molecule has 0 bridgehead atoms. The Balaban J connectivity index is 2.59. The first-order chi connectivity index (χ1) is 4.84. The van der Waals surface area contributed by atoms with E-state index in [0.29, 0.717) is 12.4 Å². The van der Waals surface area contributed by atoms with E-state index in [1.807, 2.05) is 0 Å². The van der Waals surface area contributed by atoms with Crippen LogP contribution in [0.25, 0.3) is 0 Å². The number of nitrogens with zero attached hydrogens (tertiary/aromatic N) is 5. The van der Waals surface area contributed by atoms with Crippen LogP contribution in [0, 0.1) is 11.5 Å². The van der Waals surface area contributed by atoms with E-state index in [1.165, 1.54) is 4.68 Å². The molecule has 1 rings (SSSR count). The molecule has 0 fully saturated rings. The summed E-state index contributed by atoms with van der Waals surface area (Å²) in [4.78, 5) is 0. The highest BCUT2D eigenvalue weighted by molar-refractivity contribution is 4.81. The van der Waals surface area contributed by atoms with Gasteiger partial charge in [-0.15, -0.1) is 5.10 Å². The van der Waals surface area contributed by atoms with Gasteiger partial charge in [0.1, 0.15) is 0 Å². The molecule has 0 aliphatic rings. The number of tetrazole rings is 1. The highest BCUT2D eigenvalue weighted by Crippen LogP contribution is 1.84. The van der Waals surface area contributed by atoms with Gasteiger partial charge in [-0.25, -0.2) is 4.68 Å². The Morgan fingerprint density at radius 3 is 3.10 bits per heavy atom. The van der Waals surface area contributed by atoms with Gasteiger partial charge in [-0.1, -0.05) is 0 Å². The normalized spacial score (nSPS) is 8.80. The topological polar surface area (TPSA) is 79.4 Å². The zero-order chi connectivity index (χ0) is 7.40. The van der Waals surface area contributed by atoms with Gasteiger partial charge in [0.2, 0.25) is 0 Å². The van der Waals surface area contributed by atoms with Crippen LogP contribution < -0.4 is 5.32 Å². The lowest BCUT2D eigenvalue weighted by atomic mass is 10.6. The van der Waals surface area contributed by atoms with Crippen molar-refractivity contribution in [2.75, 3.05) is 0 Å². The third-order valence-electron chi connectivity index (χ3n) is 1.03. The molecule has 0 aliphatic carbocycles. The van der Waals surface area contributed by atoms with Gasteiger partial charge >= 0.3 is 0 Å². The Kier molecular flexibility index (Phi) is 1.80. The van der Waals surface area contributed by atoms with Crippen molar-refractivity contribution in [3.05, 3.63) is 5.82 Å². The molecule has 0 saturated heterocycles. The second-order valence-electron chi connectivity index (χ2n) is 1.68. The average molecular weight is 138 g/mol. The van der Waals surface area contributed by atoms with Crippen LogP contribution in [-0.4, -0.2) is 20.2 Å². The van der Waals surface area contributed by atoms with Crippen LogP contribution in [-0.2, 0) is 13.6 Å². The van der Waals surface area contributed by atoms with Crippen LogP contribution in [0.4, 0.5) is 0 Å². The molecule has 1 heterocycles. The summed E-state index contributed by atoms with van der Waals surface area (Å²) < 4.78 is 1.50. The lowest BCUT2D eigenvalue weighted by Gasteiger charge is -1.92. The van der Waals surface area contributed by atoms with Gasteiger partial charge in [0.15, 0.2) is 12.0 Å². The fraction of sp³-hybridized carbons (Fsp3) is 0.500. The maximum absolute atomic E-state index is 8.12. The molecule has 0 radical (unpaired) electrons. The second kappa shape index (κ2) is 2.77. The van der Waals surface area contributed by atoms with Crippen molar-refractivity contribution in [2.24, 2.45) is 7.05 Å². The number of rotatable bonds is 2. The number of nitriles is 1. The van der Waals surface area contributed by atoms with Gasteiger partial charge in [-0.05, 0) is 10.4 Å². The van der Waals surface area contributed by atoms with Crippen LogP contribution in [0.2, 0.25) is 0 Å². The van der Waals surface area contributed by atoms with Crippen LogP contribution in [0.15, 0.2) is 0 Å². The number of aryl methyl sites for hydroxylation is 1. The van der Waals surface area contributed by atoms with E-state index in [-0.39, 0.29) is 0 Å². The van der Waals surface area contributed by atoms with Crippen molar-refractivity contribution in [1.29, 1.82) is 5.26 Å². The molecule has 10 heavy (non-hydrogen) atoms. The van der Waals surface area contributed by atoms with Gasteiger partial charge in [0, 0.05) is 7.05 Å². The van der Waals surface area contributed by atoms with Crippen molar-refractivity contribution < 1.29 is 0 Å². The molecule has 52 valence electrons. The molecule has 0 unspecified atom stereocenters. The lowest BCUT2D eigenvalue weighted by molar-refractivity contribution is 0.661. The van der Waals surface area contributed by atoms with Crippen LogP contribution in [0.3, 0.4) is 0 Å². The molecule has 0 saturated carbocycles. The summed E-state index contributed by atoms with van der Waals surface area (Å²) in [6.07, 6.45) is 1.77. The predicted octanol–water partition coefficient (Wildman–Crippen LogP) is -1.22. The molecule has 0 spiro atoms. The molecule has 0 amide bonds. The largest absolute Gasteiger partial charge is 0.316 e. The van der Waals surface area contributed by atoms with E-state index < -0.39 is 0 Å². The molecule has 0 atom stereocenters. The minimum absolute atomic E-state index is 0.375. The zero-order valence-electron chi connectivity index (χ0n) is 5.44. The molecule has 1 aromatic heterocycles. The van der Waals surface area contributed by atoms with E-state index in [9.17, 15) is 0 Å². The molecule has 0 aromatic carbocycles. The third-order valence-corrected chi connectivity index (χ3v) is 1.03. The second-order valence-corrected chi connectivity index (χ2v) is 1.68. The molecular weight excluding hydrogens is 132 g/mol. The zero-order valence-corrected chi connectivity index (χ0v) is 5.44. The predicted molar refractivity (Wildman–Crippen MR) is 31.3 cm³/mol. The lowest BCUT2D eigenvalue weighted by Crippen LogP contribution is -2.10. The number of hydrogen-bond acceptors (Lipinski definition) is 5. The maximum atomic E-state index is 8.12. The number of nitrogens with one attached hydrogen (secondary N) is 1. The smallest absolute Gasteiger partial charge is 0.176 e. The summed E-state index contributed by atoms with van der Waals surface area (Å²) in [5.41, 5.74) is 0. The van der Waals surface area contributed by atoms with Gasteiger partial charge in [0.05, 0.1) is 6.54 Å². The quantitative estimate of drug-likeness (QED) is 0.409. The first kappa shape index (κ1) is 6.48. The molecule has 6 nitrogen and oxygen atoms in total. The van der Waals surface area contributed by atoms with Crippen LogP contribution in [0.5, 0.6) is 0 Å². The van der Waals surface area contributed by atoms with Crippen molar-refractivity contribution in [3.63, 3.8) is 0 Å². The SMILES string of the molecule is Cn1nnnc1CNC#N. The molecular formula is C4H6N6.